The van der Waals surface area contributed by atoms with Gasteiger partial charge >= 0.3 is 0 Å². The van der Waals surface area contributed by atoms with Crippen LogP contribution in [0.4, 0.5) is 14.5 Å². The second-order valence-electron chi connectivity index (χ2n) is 9.73. The lowest BCUT2D eigenvalue weighted by atomic mass is 10.0. The van der Waals surface area contributed by atoms with Crippen LogP contribution in [0, 0.1) is 11.6 Å². The molecule has 5 aromatic rings. The second kappa shape index (κ2) is 11.8. The summed E-state index contributed by atoms with van der Waals surface area (Å²) < 4.78 is 68.7. The number of aliphatic hydroxyl groups excluding tert-OH is 1. The Labute approximate surface area is 240 Å². The van der Waals surface area contributed by atoms with E-state index in [2.05, 4.69) is 4.72 Å². The lowest BCUT2D eigenvalue weighted by molar-refractivity contribution is 0.288. The molecule has 0 spiro atoms. The Balaban J connectivity index is 1.67. The molecule has 5 rings (SSSR count). The number of aryl methyl sites for hydroxylation is 2. The van der Waals surface area contributed by atoms with Gasteiger partial charge in [0.15, 0.2) is 11.6 Å². The van der Waals surface area contributed by atoms with Crippen molar-refractivity contribution in [3.8, 4) is 33.9 Å². The van der Waals surface area contributed by atoms with Crippen molar-refractivity contribution in [3.63, 3.8) is 0 Å². The van der Waals surface area contributed by atoms with Crippen molar-refractivity contribution in [2.24, 2.45) is 7.05 Å². The number of aromatic nitrogens is 1. The normalized spacial score (nSPS) is 11.6. The summed E-state index contributed by atoms with van der Waals surface area (Å²) in [6.45, 7) is 1.59. The number of nitrogens with zero attached hydrogens (tertiary/aromatic N) is 1. The molecule has 3 aromatic carbocycles. The molecule has 0 amide bonds. The summed E-state index contributed by atoms with van der Waals surface area (Å²) in [5.41, 5.74) is 2.56. The third-order valence-corrected chi connectivity index (χ3v) is 8.06. The van der Waals surface area contributed by atoms with Gasteiger partial charge in [-0.1, -0.05) is 24.3 Å². The Morgan fingerprint density at radius 1 is 0.976 bits per heavy atom. The van der Waals surface area contributed by atoms with E-state index in [0.29, 0.717) is 29.4 Å². The van der Waals surface area contributed by atoms with Crippen LogP contribution < -0.4 is 15.0 Å². The molecule has 2 N–H and O–H groups in total. The van der Waals surface area contributed by atoms with Crippen molar-refractivity contribution in [3.05, 3.63) is 100 Å². The maximum Gasteiger partial charge on any atom is 0.261 e. The standard InChI is InChI=1S/C31H28F2N2O6S/c1-3-42(38,39)34-22-11-13-27(40-28-12-10-21(32)15-26(28)33)23(16-22)25-18-35(2)31(37)24-17-29(41-30(24)25)20-8-6-19(7-9-20)5-4-14-36/h6-13,15-18,34,36H,3-5,14H2,1-2H3. The number of rotatable bonds is 10. The Bertz CT molecular complexity index is 1930. The number of fused-ring (bicyclic) bond motifs is 1. The quantitative estimate of drug-likeness (QED) is 0.199. The zero-order valence-electron chi connectivity index (χ0n) is 22.9. The van der Waals surface area contributed by atoms with E-state index >= 15 is 0 Å². The maximum absolute atomic E-state index is 14.5. The largest absolute Gasteiger partial charge is 0.455 e. The van der Waals surface area contributed by atoms with Crippen LogP contribution in [-0.4, -0.2) is 30.5 Å². The third kappa shape index (κ3) is 6.07. The van der Waals surface area contributed by atoms with Crippen molar-refractivity contribution in [2.45, 2.75) is 19.8 Å². The van der Waals surface area contributed by atoms with Crippen molar-refractivity contribution < 1.29 is 31.5 Å². The molecule has 2 aromatic heterocycles. The van der Waals surface area contributed by atoms with Gasteiger partial charge in [-0.15, -0.1) is 0 Å². The highest BCUT2D eigenvalue weighted by Crippen LogP contribution is 2.41. The van der Waals surface area contributed by atoms with Gasteiger partial charge < -0.3 is 18.8 Å². The molecule has 0 bridgehead atoms. The molecule has 8 nitrogen and oxygen atoms in total. The van der Waals surface area contributed by atoms with E-state index in [0.717, 1.165) is 29.7 Å². The van der Waals surface area contributed by atoms with Gasteiger partial charge in [-0.3, -0.25) is 9.52 Å². The number of hydrogen-bond acceptors (Lipinski definition) is 6. The molecule has 11 heteroatoms. The van der Waals surface area contributed by atoms with Gasteiger partial charge in [0.05, 0.1) is 11.1 Å². The SMILES string of the molecule is CCS(=O)(=O)Nc1ccc(Oc2ccc(F)cc2F)c(-c2cn(C)c(=O)c3cc(-c4ccc(CCCO)cc4)oc23)c1. The van der Waals surface area contributed by atoms with E-state index < -0.39 is 21.7 Å². The highest BCUT2D eigenvalue weighted by Gasteiger charge is 2.21. The summed E-state index contributed by atoms with van der Waals surface area (Å²) in [5.74, 6) is -1.56. The molecule has 0 saturated carbocycles. The van der Waals surface area contributed by atoms with Gasteiger partial charge in [-0.25, -0.2) is 17.2 Å². The number of pyridine rings is 1. The molecule has 0 aliphatic rings. The van der Waals surface area contributed by atoms with E-state index in [1.807, 2.05) is 24.3 Å². The molecule has 2 heterocycles. The zero-order valence-corrected chi connectivity index (χ0v) is 23.7. The van der Waals surface area contributed by atoms with Gasteiger partial charge in [0, 0.05) is 48.3 Å². The number of furan rings is 1. The van der Waals surface area contributed by atoms with E-state index in [1.54, 1.807) is 13.1 Å². The Kier molecular flexibility index (Phi) is 8.15. The number of benzene rings is 3. The summed E-state index contributed by atoms with van der Waals surface area (Å²) in [6, 6.07) is 16.5. The number of hydrogen-bond donors (Lipinski definition) is 2. The maximum atomic E-state index is 14.5. The average molecular weight is 595 g/mol. The molecular formula is C31H28F2N2O6S. The summed E-state index contributed by atoms with van der Waals surface area (Å²) in [5, 5.41) is 9.37. The van der Waals surface area contributed by atoms with Crippen LogP contribution >= 0.6 is 0 Å². The molecule has 42 heavy (non-hydrogen) atoms. The van der Waals surface area contributed by atoms with Crippen molar-refractivity contribution in [1.82, 2.24) is 4.57 Å². The van der Waals surface area contributed by atoms with Crippen molar-refractivity contribution in [2.75, 3.05) is 17.1 Å². The zero-order chi connectivity index (χ0) is 30.0. The van der Waals surface area contributed by atoms with Crippen LogP contribution in [-0.2, 0) is 23.5 Å². The average Bonchev–Trinajstić information content (AvgIpc) is 3.42. The minimum absolute atomic E-state index is 0.0952. The van der Waals surface area contributed by atoms with Gasteiger partial charge in [0.25, 0.3) is 5.56 Å². The van der Waals surface area contributed by atoms with Crippen LogP contribution in [0.25, 0.3) is 33.4 Å². The molecule has 218 valence electrons. The topological polar surface area (TPSA) is 111 Å². The molecule has 0 saturated heterocycles. The van der Waals surface area contributed by atoms with Gasteiger partial charge in [-0.2, -0.15) is 0 Å². The number of halogens is 2. The van der Waals surface area contributed by atoms with E-state index in [4.69, 9.17) is 14.3 Å². The molecule has 0 atom stereocenters. The first-order valence-electron chi connectivity index (χ1n) is 13.2. The summed E-state index contributed by atoms with van der Waals surface area (Å²) in [7, 11) is -2.07. The first-order chi connectivity index (χ1) is 20.1. The predicted octanol–water partition coefficient (Wildman–Crippen LogP) is 6.22. The second-order valence-corrected chi connectivity index (χ2v) is 11.7. The molecule has 0 aliphatic carbocycles. The van der Waals surface area contributed by atoms with Crippen LogP contribution in [0.5, 0.6) is 11.5 Å². The van der Waals surface area contributed by atoms with Gasteiger partial charge in [-0.05, 0) is 61.7 Å². The van der Waals surface area contributed by atoms with Gasteiger partial charge in [0.1, 0.15) is 22.9 Å². The number of anilines is 1. The highest BCUT2D eigenvalue weighted by molar-refractivity contribution is 7.92. The summed E-state index contributed by atoms with van der Waals surface area (Å²) in [4.78, 5) is 13.1. The van der Waals surface area contributed by atoms with E-state index in [-0.39, 0.29) is 46.1 Å². The lowest BCUT2D eigenvalue weighted by Gasteiger charge is -2.15. The highest BCUT2D eigenvalue weighted by atomic mass is 32.2. The third-order valence-electron chi connectivity index (χ3n) is 6.75. The number of nitrogens with one attached hydrogen (secondary N) is 1. The van der Waals surface area contributed by atoms with Crippen LogP contribution in [0.15, 0.2) is 82.1 Å². The fourth-order valence-corrected chi connectivity index (χ4v) is 5.16. The minimum Gasteiger partial charge on any atom is -0.455 e. The summed E-state index contributed by atoms with van der Waals surface area (Å²) in [6.07, 6.45) is 2.89. The van der Waals surface area contributed by atoms with Crippen LogP contribution in [0.2, 0.25) is 0 Å². The molecular weight excluding hydrogens is 566 g/mol. The van der Waals surface area contributed by atoms with Crippen LogP contribution in [0.3, 0.4) is 0 Å². The number of aliphatic hydroxyl groups is 1. The Morgan fingerprint density at radius 3 is 2.40 bits per heavy atom. The van der Waals surface area contributed by atoms with Gasteiger partial charge in [0.2, 0.25) is 10.0 Å². The van der Waals surface area contributed by atoms with E-state index in [9.17, 15) is 22.0 Å². The van der Waals surface area contributed by atoms with E-state index in [1.165, 1.54) is 35.9 Å². The fourth-order valence-electron chi connectivity index (χ4n) is 4.52. The monoisotopic (exact) mass is 594 g/mol. The summed E-state index contributed by atoms with van der Waals surface area (Å²) >= 11 is 0. The molecule has 0 unspecified atom stereocenters. The smallest absolute Gasteiger partial charge is 0.261 e. The molecule has 0 fully saturated rings. The lowest BCUT2D eigenvalue weighted by Crippen LogP contribution is -2.16. The molecule has 0 radical (unpaired) electrons. The Hall–Kier alpha value is -4.48. The predicted molar refractivity (Wildman–Crippen MR) is 157 cm³/mol. The number of sulfonamides is 1. The fraction of sp³-hybridized carbons (Fsp3) is 0.194. The minimum atomic E-state index is -3.64. The first kappa shape index (κ1) is 29.0. The first-order valence-corrected chi connectivity index (χ1v) is 14.8. The number of ether oxygens (including phenoxy) is 1. The van der Waals surface area contributed by atoms with Crippen molar-refractivity contribution in [1.29, 1.82) is 0 Å². The van der Waals surface area contributed by atoms with Crippen molar-refractivity contribution >= 4 is 26.7 Å². The molecule has 0 aliphatic heterocycles. The Morgan fingerprint density at radius 2 is 1.71 bits per heavy atom. The van der Waals surface area contributed by atoms with Crippen LogP contribution in [0.1, 0.15) is 18.9 Å².